The zero-order valence-corrected chi connectivity index (χ0v) is 11.7. The van der Waals surface area contributed by atoms with Crippen molar-refractivity contribution in [3.05, 3.63) is 35.5 Å². The number of imidazole rings is 1. The van der Waals surface area contributed by atoms with Crippen LogP contribution < -0.4 is 5.73 Å². The van der Waals surface area contributed by atoms with Gasteiger partial charge >= 0.3 is 0 Å². The van der Waals surface area contributed by atoms with Crippen molar-refractivity contribution in [2.24, 2.45) is 0 Å². The Hall–Kier alpha value is -1.99. The van der Waals surface area contributed by atoms with Crippen molar-refractivity contribution in [2.45, 2.75) is 19.6 Å². The molecular formula is C13H14N6S. The van der Waals surface area contributed by atoms with E-state index in [1.54, 1.807) is 11.3 Å². The summed E-state index contributed by atoms with van der Waals surface area (Å²) in [4.78, 5) is 16.6. The van der Waals surface area contributed by atoms with E-state index in [1.165, 1.54) is 0 Å². The Balaban J connectivity index is 1.59. The van der Waals surface area contributed by atoms with Gasteiger partial charge in [-0.3, -0.25) is 4.90 Å². The minimum atomic E-state index is 0.574. The van der Waals surface area contributed by atoms with Crippen molar-refractivity contribution >= 4 is 27.4 Å². The first-order valence-electron chi connectivity index (χ1n) is 6.51. The van der Waals surface area contributed by atoms with Gasteiger partial charge in [0.15, 0.2) is 0 Å². The molecule has 3 aromatic rings. The minimum absolute atomic E-state index is 0.574. The number of thiophene rings is 1. The van der Waals surface area contributed by atoms with E-state index in [0.29, 0.717) is 12.4 Å². The van der Waals surface area contributed by atoms with Crippen LogP contribution >= 0.6 is 11.3 Å². The van der Waals surface area contributed by atoms with Crippen LogP contribution in [0.15, 0.2) is 23.8 Å². The van der Waals surface area contributed by atoms with Gasteiger partial charge < -0.3 is 10.3 Å². The van der Waals surface area contributed by atoms with Crippen LogP contribution in [0.4, 0.5) is 5.82 Å². The van der Waals surface area contributed by atoms with Gasteiger partial charge in [0.2, 0.25) is 0 Å². The molecule has 2 N–H and O–H groups in total. The Morgan fingerprint density at radius 2 is 2.25 bits per heavy atom. The summed E-state index contributed by atoms with van der Waals surface area (Å²) in [5.74, 6) is 2.46. The maximum absolute atomic E-state index is 5.99. The van der Waals surface area contributed by atoms with Crippen molar-refractivity contribution in [1.82, 2.24) is 24.4 Å². The van der Waals surface area contributed by atoms with Crippen molar-refractivity contribution in [1.29, 1.82) is 0 Å². The highest BCUT2D eigenvalue weighted by atomic mass is 32.1. The van der Waals surface area contributed by atoms with E-state index in [4.69, 9.17) is 5.73 Å². The lowest BCUT2D eigenvalue weighted by Gasteiger charge is -2.26. The van der Waals surface area contributed by atoms with Crippen LogP contribution in [-0.2, 0) is 19.6 Å². The molecule has 0 fully saturated rings. The van der Waals surface area contributed by atoms with E-state index < -0.39 is 0 Å². The lowest BCUT2D eigenvalue weighted by Crippen LogP contribution is -2.33. The van der Waals surface area contributed by atoms with E-state index in [9.17, 15) is 0 Å². The second-order valence-electron chi connectivity index (χ2n) is 4.91. The molecule has 4 rings (SSSR count). The number of nitrogens with zero attached hydrogens (tertiary/aromatic N) is 5. The van der Waals surface area contributed by atoms with Gasteiger partial charge in [-0.05, 0) is 11.4 Å². The lowest BCUT2D eigenvalue weighted by atomic mass is 10.3. The molecule has 20 heavy (non-hydrogen) atoms. The van der Waals surface area contributed by atoms with Crippen molar-refractivity contribution in [3.63, 3.8) is 0 Å². The van der Waals surface area contributed by atoms with Crippen LogP contribution in [0.2, 0.25) is 0 Å². The van der Waals surface area contributed by atoms with E-state index in [2.05, 4.69) is 24.4 Å². The average molecular weight is 286 g/mol. The fourth-order valence-electron chi connectivity index (χ4n) is 2.55. The highest BCUT2D eigenvalue weighted by Gasteiger charge is 2.18. The summed E-state index contributed by atoms with van der Waals surface area (Å²) in [5.41, 5.74) is 5.99. The molecule has 102 valence electrons. The number of rotatable bonds is 2. The number of anilines is 1. The number of hydrogen-bond donors (Lipinski definition) is 1. The summed E-state index contributed by atoms with van der Waals surface area (Å²) in [7, 11) is 0. The molecule has 6 nitrogen and oxygen atoms in total. The molecule has 3 aromatic heterocycles. The Morgan fingerprint density at radius 3 is 3.20 bits per heavy atom. The SMILES string of the molecule is Nc1nc(CN2CCn3ccnc3C2)nc2sccc12. The first-order chi connectivity index (χ1) is 9.79. The zero-order valence-electron chi connectivity index (χ0n) is 10.9. The zero-order chi connectivity index (χ0) is 13.5. The Labute approximate surface area is 119 Å². The van der Waals surface area contributed by atoms with Gasteiger partial charge in [-0.15, -0.1) is 11.3 Å². The summed E-state index contributed by atoms with van der Waals surface area (Å²) in [6.45, 7) is 3.49. The molecule has 0 saturated heterocycles. The lowest BCUT2D eigenvalue weighted by molar-refractivity contribution is 0.204. The van der Waals surface area contributed by atoms with Crippen molar-refractivity contribution < 1.29 is 0 Å². The smallest absolute Gasteiger partial charge is 0.146 e. The first-order valence-corrected chi connectivity index (χ1v) is 7.39. The number of nitrogens with two attached hydrogens (primary N) is 1. The second-order valence-corrected chi connectivity index (χ2v) is 5.81. The normalized spacial score (nSPS) is 15.6. The number of aromatic nitrogens is 4. The number of fused-ring (bicyclic) bond motifs is 2. The van der Waals surface area contributed by atoms with Crippen LogP contribution in [0.3, 0.4) is 0 Å². The molecule has 0 radical (unpaired) electrons. The molecule has 4 heterocycles. The van der Waals surface area contributed by atoms with Crippen LogP contribution in [-0.4, -0.2) is 31.0 Å². The molecule has 0 aromatic carbocycles. The quantitative estimate of drug-likeness (QED) is 0.772. The molecule has 1 aliphatic heterocycles. The maximum Gasteiger partial charge on any atom is 0.146 e. The highest BCUT2D eigenvalue weighted by Crippen LogP contribution is 2.23. The van der Waals surface area contributed by atoms with E-state index in [1.807, 2.05) is 23.8 Å². The van der Waals surface area contributed by atoms with Gasteiger partial charge in [-0.1, -0.05) is 0 Å². The van der Waals surface area contributed by atoms with Gasteiger partial charge in [0.25, 0.3) is 0 Å². The standard InChI is InChI=1S/C13H14N6S/c14-12-9-1-6-20-13(9)17-10(16-12)7-18-4-5-19-3-2-15-11(19)8-18/h1-3,6H,4-5,7-8H2,(H2,14,16,17). The average Bonchev–Trinajstić information content (AvgIpc) is 3.06. The number of nitrogen functional groups attached to an aromatic ring is 1. The minimum Gasteiger partial charge on any atom is -0.383 e. The molecule has 1 aliphatic rings. The van der Waals surface area contributed by atoms with Crippen LogP contribution in [0.25, 0.3) is 10.2 Å². The fraction of sp³-hybridized carbons (Fsp3) is 0.308. The van der Waals surface area contributed by atoms with E-state index in [-0.39, 0.29) is 0 Å². The molecule has 0 bridgehead atoms. The third-order valence-electron chi connectivity index (χ3n) is 3.59. The van der Waals surface area contributed by atoms with Gasteiger partial charge in [-0.2, -0.15) is 0 Å². The van der Waals surface area contributed by atoms with Gasteiger partial charge in [0.05, 0.1) is 18.5 Å². The first kappa shape index (κ1) is 11.8. The largest absolute Gasteiger partial charge is 0.383 e. The third kappa shape index (κ3) is 1.95. The highest BCUT2D eigenvalue weighted by molar-refractivity contribution is 7.16. The monoisotopic (exact) mass is 286 g/mol. The van der Waals surface area contributed by atoms with Crippen molar-refractivity contribution in [2.75, 3.05) is 12.3 Å². The summed E-state index contributed by atoms with van der Waals surface area (Å²) in [5, 5.41) is 2.95. The fourth-order valence-corrected chi connectivity index (χ4v) is 3.34. The Kier molecular flexibility index (Phi) is 2.68. The molecule has 0 spiro atoms. The maximum atomic E-state index is 5.99. The molecule has 7 heteroatoms. The van der Waals surface area contributed by atoms with Crippen LogP contribution in [0.1, 0.15) is 11.6 Å². The van der Waals surface area contributed by atoms with Gasteiger partial charge in [0.1, 0.15) is 22.3 Å². The van der Waals surface area contributed by atoms with Gasteiger partial charge in [0, 0.05) is 25.5 Å². The molecule has 0 atom stereocenters. The Morgan fingerprint density at radius 1 is 1.30 bits per heavy atom. The molecule has 0 aliphatic carbocycles. The topological polar surface area (TPSA) is 72.9 Å². The van der Waals surface area contributed by atoms with Crippen molar-refractivity contribution in [3.8, 4) is 0 Å². The van der Waals surface area contributed by atoms with Crippen LogP contribution in [0, 0.1) is 0 Å². The van der Waals surface area contributed by atoms with Gasteiger partial charge in [-0.25, -0.2) is 15.0 Å². The predicted molar refractivity (Wildman–Crippen MR) is 78.2 cm³/mol. The summed E-state index contributed by atoms with van der Waals surface area (Å²) in [6, 6.07) is 1.97. The Bertz CT molecular complexity index is 761. The molecule has 0 saturated carbocycles. The number of hydrogen-bond acceptors (Lipinski definition) is 6. The molecular weight excluding hydrogens is 272 g/mol. The van der Waals surface area contributed by atoms with E-state index in [0.717, 1.165) is 41.5 Å². The predicted octanol–water partition coefficient (Wildman–Crippen LogP) is 1.49. The summed E-state index contributed by atoms with van der Waals surface area (Å²) >= 11 is 1.60. The molecule has 0 unspecified atom stereocenters. The third-order valence-corrected chi connectivity index (χ3v) is 4.40. The summed E-state index contributed by atoms with van der Waals surface area (Å²) in [6.07, 6.45) is 3.88. The molecule has 0 amide bonds. The van der Waals surface area contributed by atoms with E-state index >= 15 is 0 Å². The van der Waals surface area contributed by atoms with Crippen LogP contribution in [0.5, 0.6) is 0 Å². The second kappa shape index (κ2) is 4.53. The summed E-state index contributed by atoms with van der Waals surface area (Å²) < 4.78 is 2.19.